The van der Waals surface area contributed by atoms with Gasteiger partial charge in [0.2, 0.25) is 0 Å². The van der Waals surface area contributed by atoms with Gasteiger partial charge in [0, 0.05) is 23.1 Å². The zero-order chi connectivity index (χ0) is 13.7. The zero-order valence-electron chi connectivity index (χ0n) is 11.8. The third-order valence-electron chi connectivity index (χ3n) is 3.66. The van der Waals surface area contributed by atoms with Gasteiger partial charge < -0.3 is 10.2 Å². The molecule has 0 aromatic heterocycles. The quantitative estimate of drug-likeness (QED) is 0.892. The van der Waals surface area contributed by atoms with Crippen LogP contribution in [0, 0.1) is 5.92 Å². The molecule has 0 spiro atoms. The second-order valence-corrected chi connectivity index (χ2v) is 5.97. The van der Waals surface area contributed by atoms with Crippen LogP contribution in [-0.2, 0) is 0 Å². The molecule has 0 bridgehead atoms. The van der Waals surface area contributed by atoms with E-state index in [0.29, 0.717) is 5.92 Å². The summed E-state index contributed by atoms with van der Waals surface area (Å²) >= 11 is 3.41. The zero-order valence-corrected chi connectivity index (χ0v) is 14.2. The van der Waals surface area contributed by atoms with E-state index in [0.717, 1.165) is 49.1 Å². The summed E-state index contributed by atoms with van der Waals surface area (Å²) in [6.07, 6.45) is 2.21. The lowest BCUT2D eigenvalue weighted by molar-refractivity contribution is 0.0690. The first-order valence-corrected chi connectivity index (χ1v) is 7.75. The minimum Gasteiger partial charge on any atom is -0.339 e. The van der Waals surface area contributed by atoms with Crippen molar-refractivity contribution < 1.29 is 4.79 Å². The highest BCUT2D eigenvalue weighted by atomic mass is 79.9. The molecule has 1 heterocycles. The normalized spacial score (nSPS) is 15.8. The first-order chi connectivity index (χ1) is 9.20. The molecule has 0 aliphatic carbocycles. The van der Waals surface area contributed by atoms with E-state index < -0.39 is 0 Å². The molecule has 1 N–H and O–H groups in total. The molecular formula is C15H22BrClN2O. The van der Waals surface area contributed by atoms with Gasteiger partial charge in [0.25, 0.3) is 5.91 Å². The molecule has 2 rings (SSSR count). The highest BCUT2D eigenvalue weighted by Crippen LogP contribution is 2.20. The summed E-state index contributed by atoms with van der Waals surface area (Å²) in [5, 5.41) is 3.39. The van der Waals surface area contributed by atoms with E-state index in [1.165, 1.54) is 0 Å². The number of benzene rings is 1. The monoisotopic (exact) mass is 360 g/mol. The lowest BCUT2D eigenvalue weighted by Crippen LogP contribution is -2.40. The van der Waals surface area contributed by atoms with Crippen LogP contribution in [0.2, 0.25) is 0 Å². The number of likely N-dealkylation sites (tertiary alicyclic amines) is 1. The van der Waals surface area contributed by atoms with Crippen LogP contribution in [0.1, 0.15) is 30.1 Å². The standard InChI is InChI=1S/C15H21BrN2O.ClH/c1-2-17-11-12-6-8-18(9-7-12)15(19)13-4-3-5-14(16)10-13;/h3-5,10,12,17H,2,6-9,11H2,1H3;1H. The van der Waals surface area contributed by atoms with Crippen LogP contribution < -0.4 is 5.32 Å². The predicted octanol–water partition coefficient (Wildman–Crippen LogP) is 3.33. The fourth-order valence-electron chi connectivity index (χ4n) is 2.49. The molecule has 0 radical (unpaired) electrons. The van der Waals surface area contributed by atoms with Gasteiger partial charge in [-0.3, -0.25) is 4.79 Å². The lowest BCUT2D eigenvalue weighted by atomic mass is 9.96. The number of nitrogens with zero attached hydrogens (tertiary/aromatic N) is 1. The Morgan fingerprint density at radius 3 is 2.70 bits per heavy atom. The fraction of sp³-hybridized carbons (Fsp3) is 0.533. The largest absolute Gasteiger partial charge is 0.339 e. The van der Waals surface area contributed by atoms with Crippen molar-refractivity contribution in [1.29, 1.82) is 0 Å². The molecule has 1 amide bonds. The highest BCUT2D eigenvalue weighted by molar-refractivity contribution is 9.10. The molecule has 1 aromatic rings. The SMILES string of the molecule is CCNCC1CCN(C(=O)c2cccc(Br)c2)CC1.Cl. The molecule has 5 heteroatoms. The molecular weight excluding hydrogens is 340 g/mol. The van der Waals surface area contributed by atoms with Crippen LogP contribution in [0.15, 0.2) is 28.7 Å². The second kappa shape index (κ2) is 8.65. The van der Waals surface area contributed by atoms with Gasteiger partial charge in [0.15, 0.2) is 0 Å². The smallest absolute Gasteiger partial charge is 0.253 e. The van der Waals surface area contributed by atoms with Gasteiger partial charge in [-0.2, -0.15) is 0 Å². The van der Waals surface area contributed by atoms with Gasteiger partial charge in [-0.05, 0) is 50.0 Å². The van der Waals surface area contributed by atoms with E-state index >= 15 is 0 Å². The highest BCUT2D eigenvalue weighted by Gasteiger charge is 2.23. The number of rotatable bonds is 4. The van der Waals surface area contributed by atoms with Gasteiger partial charge >= 0.3 is 0 Å². The van der Waals surface area contributed by atoms with E-state index in [1.807, 2.05) is 29.2 Å². The Bertz CT molecular complexity index is 434. The van der Waals surface area contributed by atoms with Crippen LogP contribution in [0.3, 0.4) is 0 Å². The number of carbonyl (C=O) groups excluding carboxylic acids is 1. The Labute approximate surface area is 135 Å². The molecule has 0 atom stereocenters. The van der Waals surface area contributed by atoms with E-state index in [4.69, 9.17) is 0 Å². The number of hydrogen-bond acceptors (Lipinski definition) is 2. The summed E-state index contributed by atoms with van der Waals surface area (Å²) in [7, 11) is 0. The molecule has 1 aliphatic heterocycles. The summed E-state index contributed by atoms with van der Waals surface area (Å²) < 4.78 is 0.959. The average Bonchev–Trinajstić information content (AvgIpc) is 2.45. The summed E-state index contributed by atoms with van der Waals surface area (Å²) in [5.41, 5.74) is 0.777. The number of amides is 1. The summed E-state index contributed by atoms with van der Waals surface area (Å²) in [5.74, 6) is 0.870. The van der Waals surface area contributed by atoms with Crippen molar-refractivity contribution in [1.82, 2.24) is 10.2 Å². The molecule has 1 saturated heterocycles. The Morgan fingerprint density at radius 2 is 2.10 bits per heavy atom. The van der Waals surface area contributed by atoms with Gasteiger partial charge in [0.05, 0.1) is 0 Å². The van der Waals surface area contributed by atoms with Crippen LogP contribution in [-0.4, -0.2) is 37.0 Å². The Morgan fingerprint density at radius 1 is 1.40 bits per heavy atom. The molecule has 1 aromatic carbocycles. The van der Waals surface area contributed by atoms with Crippen molar-refractivity contribution in [3.05, 3.63) is 34.3 Å². The molecule has 0 saturated carbocycles. The maximum absolute atomic E-state index is 12.4. The Balaban J connectivity index is 0.00000200. The van der Waals surface area contributed by atoms with Crippen LogP contribution in [0.4, 0.5) is 0 Å². The maximum Gasteiger partial charge on any atom is 0.253 e. The number of carbonyl (C=O) groups is 1. The summed E-state index contributed by atoms with van der Waals surface area (Å²) in [6, 6.07) is 7.64. The molecule has 0 unspecified atom stereocenters. The summed E-state index contributed by atoms with van der Waals surface area (Å²) in [4.78, 5) is 14.3. The van der Waals surface area contributed by atoms with Crippen LogP contribution in [0.5, 0.6) is 0 Å². The van der Waals surface area contributed by atoms with Crippen molar-refractivity contribution in [3.8, 4) is 0 Å². The van der Waals surface area contributed by atoms with Crippen molar-refractivity contribution in [2.75, 3.05) is 26.2 Å². The lowest BCUT2D eigenvalue weighted by Gasteiger charge is -2.32. The van der Waals surface area contributed by atoms with Crippen molar-refractivity contribution in [2.45, 2.75) is 19.8 Å². The minimum atomic E-state index is 0. The second-order valence-electron chi connectivity index (χ2n) is 5.05. The Hall–Kier alpha value is -0.580. The molecule has 1 aliphatic rings. The van der Waals surface area contributed by atoms with Crippen LogP contribution in [0.25, 0.3) is 0 Å². The third kappa shape index (κ3) is 4.76. The van der Waals surface area contributed by atoms with Crippen molar-refractivity contribution in [2.24, 2.45) is 5.92 Å². The fourth-order valence-corrected chi connectivity index (χ4v) is 2.89. The van der Waals surface area contributed by atoms with E-state index in [-0.39, 0.29) is 18.3 Å². The molecule has 1 fully saturated rings. The van der Waals surface area contributed by atoms with Gasteiger partial charge in [-0.1, -0.05) is 28.9 Å². The topological polar surface area (TPSA) is 32.3 Å². The van der Waals surface area contributed by atoms with E-state index in [2.05, 4.69) is 28.2 Å². The molecule has 112 valence electrons. The van der Waals surface area contributed by atoms with E-state index in [1.54, 1.807) is 0 Å². The van der Waals surface area contributed by atoms with Crippen molar-refractivity contribution >= 4 is 34.2 Å². The molecule has 20 heavy (non-hydrogen) atoms. The first kappa shape index (κ1) is 17.5. The predicted molar refractivity (Wildman–Crippen MR) is 88.6 cm³/mol. The maximum atomic E-state index is 12.4. The number of nitrogens with one attached hydrogen (secondary N) is 1. The van der Waals surface area contributed by atoms with Gasteiger partial charge in [-0.15, -0.1) is 12.4 Å². The van der Waals surface area contributed by atoms with Gasteiger partial charge in [0.1, 0.15) is 0 Å². The van der Waals surface area contributed by atoms with E-state index in [9.17, 15) is 4.79 Å². The number of piperidine rings is 1. The van der Waals surface area contributed by atoms with Crippen molar-refractivity contribution in [3.63, 3.8) is 0 Å². The molecule has 3 nitrogen and oxygen atoms in total. The van der Waals surface area contributed by atoms with Gasteiger partial charge in [-0.25, -0.2) is 0 Å². The van der Waals surface area contributed by atoms with Crippen LogP contribution >= 0.6 is 28.3 Å². The summed E-state index contributed by atoms with van der Waals surface area (Å²) in [6.45, 7) is 5.99. The number of hydrogen-bond donors (Lipinski definition) is 1. The average molecular weight is 362 g/mol. The third-order valence-corrected chi connectivity index (χ3v) is 4.15. The first-order valence-electron chi connectivity index (χ1n) is 6.96. The number of halogens is 2. The minimum absolute atomic E-state index is 0. The Kier molecular flexibility index (Phi) is 7.56.